The lowest BCUT2D eigenvalue weighted by molar-refractivity contribution is 0.107. The van der Waals surface area contributed by atoms with Crippen molar-refractivity contribution in [2.24, 2.45) is 0 Å². The van der Waals surface area contributed by atoms with E-state index in [9.17, 15) is 35.1 Å². The molecule has 0 aromatic carbocycles. The first-order valence-corrected chi connectivity index (χ1v) is 8.39. The zero-order valence-corrected chi connectivity index (χ0v) is 14.4. The predicted octanol–water partition coefficient (Wildman–Crippen LogP) is 4.88. The van der Waals surface area contributed by atoms with Crippen LogP contribution in [0.2, 0.25) is 0 Å². The molecule has 8 unspecified atom stereocenters. The van der Waals surface area contributed by atoms with Gasteiger partial charge in [0.25, 0.3) is 0 Å². The first-order valence-electron chi connectivity index (χ1n) is 8.39. The number of rotatable bonds is 14. The van der Waals surface area contributed by atoms with Crippen LogP contribution in [0.15, 0.2) is 0 Å². The molecule has 1 N–H and O–H groups in total. The van der Waals surface area contributed by atoms with Gasteiger partial charge in [-0.05, 0) is 39.5 Å². The van der Waals surface area contributed by atoms with E-state index in [0.29, 0.717) is 0 Å². The van der Waals surface area contributed by atoms with Gasteiger partial charge in [-0.3, -0.25) is 0 Å². The molecule has 9 heteroatoms. The normalized spacial score (nSPS) is 21.8. The molecule has 0 aromatic rings. The molecule has 0 amide bonds. The molecular formula is C16H27F8N. The summed E-state index contributed by atoms with van der Waals surface area (Å²) in [5.74, 6) is 0. The smallest absolute Gasteiger partial charge is 0.143 e. The van der Waals surface area contributed by atoms with Gasteiger partial charge in [0.05, 0.1) is 0 Å². The van der Waals surface area contributed by atoms with Gasteiger partial charge in [0.2, 0.25) is 0 Å². The summed E-state index contributed by atoms with van der Waals surface area (Å²) in [6.07, 6.45) is -17.6. The van der Waals surface area contributed by atoms with Gasteiger partial charge in [0, 0.05) is 13.1 Å². The van der Waals surface area contributed by atoms with E-state index < -0.39 is 88.1 Å². The Balaban J connectivity index is 3.95. The summed E-state index contributed by atoms with van der Waals surface area (Å²) in [5, 5.41) is 2.20. The van der Waals surface area contributed by atoms with Crippen molar-refractivity contribution >= 4 is 0 Å². The first kappa shape index (κ1) is 24.4. The predicted molar refractivity (Wildman–Crippen MR) is 81.9 cm³/mol. The first-order chi connectivity index (χ1) is 11.6. The Labute approximate surface area is 143 Å². The summed E-state index contributed by atoms with van der Waals surface area (Å²) in [4.78, 5) is 0. The van der Waals surface area contributed by atoms with Gasteiger partial charge in [-0.2, -0.15) is 0 Å². The lowest BCUT2D eigenvalue weighted by Gasteiger charge is -2.18. The number of hydrogen-bond acceptors (Lipinski definition) is 1. The monoisotopic (exact) mass is 385 g/mol. The van der Waals surface area contributed by atoms with Crippen molar-refractivity contribution < 1.29 is 35.1 Å². The van der Waals surface area contributed by atoms with Gasteiger partial charge in [-0.25, -0.2) is 35.1 Å². The van der Waals surface area contributed by atoms with Crippen molar-refractivity contribution in [1.29, 1.82) is 0 Å². The molecule has 0 bridgehead atoms. The Morgan fingerprint density at radius 2 is 0.760 bits per heavy atom. The van der Waals surface area contributed by atoms with Crippen LogP contribution in [0.3, 0.4) is 0 Å². The van der Waals surface area contributed by atoms with E-state index in [0.717, 1.165) is 13.8 Å². The third kappa shape index (κ3) is 10.9. The molecule has 152 valence electrons. The molecule has 0 radical (unpaired) electrons. The molecule has 0 aliphatic heterocycles. The molecule has 0 aliphatic rings. The minimum Gasteiger partial charge on any atom is -0.311 e. The molecule has 0 saturated heterocycles. The Kier molecular flexibility index (Phi) is 12.4. The largest absolute Gasteiger partial charge is 0.311 e. The van der Waals surface area contributed by atoms with E-state index in [1.807, 2.05) is 0 Å². The van der Waals surface area contributed by atoms with Gasteiger partial charge in [-0.1, -0.05) is 0 Å². The van der Waals surface area contributed by atoms with Crippen LogP contribution in [0.1, 0.15) is 39.5 Å². The molecular weight excluding hydrogens is 358 g/mol. The summed E-state index contributed by atoms with van der Waals surface area (Å²) in [6.45, 7) is 0.703. The van der Waals surface area contributed by atoms with E-state index in [2.05, 4.69) is 5.32 Å². The number of nitrogens with one attached hydrogen (secondary N) is 1. The zero-order valence-electron chi connectivity index (χ0n) is 14.4. The summed E-state index contributed by atoms with van der Waals surface area (Å²) in [5.41, 5.74) is 0. The lowest BCUT2D eigenvalue weighted by atomic mass is 10.1. The molecule has 0 spiro atoms. The van der Waals surface area contributed by atoms with Crippen LogP contribution in [0.5, 0.6) is 0 Å². The van der Waals surface area contributed by atoms with Crippen LogP contribution in [-0.2, 0) is 0 Å². The van der Waals surface area contributed by atoms with Gasteiger partial charge in [-0.15, -0.1) is 0 Å². The van der Waals surface area contributed by atoms with Crippen molar-refractivity contribution in [3.8, 4) is 0 Å². The van der Waals surface area contributed by atoms with Crippen molar-refractivity contribution in [2.75, 3.05) is 13.1 Å². The Bertz CT molecular complexity index is 301. The molecule has 0 heterocycles. The molecule has 0 aliphatic carbocycles. The zero-order chi connectivity index (χ0) is 19.6. The van der Waals surface area contributed by atoms with Crippen LogP contribution in [0, 0.1) is 0 Å². The van der Waals surface area contributed by atoms with E-state index in [1.165, 1.54) is 0 Å². The minimum absolute atomic E-state index is 0.477. The molecule has 0 aromatic heterocycles. The second kappa shape index (κ2) is 12.7. The summed E-state index contributed by atoms with van der Waals surface area (Å²) in [7, 11) is 0. The van der Waals surface area contributed by atoms with E-state index in [1.54, 1.807) is 0 Å². The SMILES string of the molecule is CC(F)C(F)CCC(F)C(F)CNCC(F)C(F)CCC(F)C(C)F. The highest BCUT2D eigenvalue weighted by Crippen LogP contribution is 2.18. The molecule has 8 atom stereocenters. The molecule has 0 saturated carbocycles. The Hall–Kier alpha value is -0.600. The summed E-state index contributed by atoms with van der Waals surface area (Å²) >= 11 is 0. The van der Waals surface area contributed by atoms with Crippen molar-refractivity contribution in [3.63, 3.8) is 0 Å². The molecule has 1 nitrogen and oxygen atoms in total. The average Bonchev–Trinajstić information content (AvgIpc) is 2.55. The quantitative estimate of drug-likeness (QED) is 0.420. The topological polar surface area (TPSA) is 12.0 Å². The highest BCUT2D eigenvalue weighted by molar-refractivity contribution is 4.77. The van der Waals surface area contributed by atoms with E-state index in [-0.39, 0.29) is 0 Å². The van der Waals surface area contributed by atoms with Crippen LogP contribution < -0.4 is 5.32 Å². The van der Waals surface area contributed by atoms with Crippen LogP contribution in [0.4, 0.5) is 35.1 Å². The van der Waals surface area contributed by atoms with Gasteiger partial charge >= 0.3 is 0 Å². The fourth-order valence-corrected chi connectivity index (χ4v) is 2.07. The highest BCUT2D eigenvalue weighted by Gasteiger charge is 2.26. The molecule has 25 heavy (non-hydrogen) atoms. The van der Waals surface area contributed by atoms with Crippen LogP contribution in [0.25, 0.3) is 0 Å². The van der Waals surface area contributed by atoms with E-state index in [4.69, 9.17) is 0 Å². The fourth-order valence-electron chi connectivity index (χ4n) is 2.07. The maximum absolute atomic E-state index is 13.5. The maximum Gasteiger partial charge on any atom is 0.143 e. The lowest BCUT2D eigenvalue weighted by Crippen LogP contribution is -2.37. The molecule has 0 fully saturated rings. The van der Waals surface area contributed by atoms with Gasteiger partial charge in [0.15, 0.2) is 0 Å². The highest BCUT2D eigenvalue weighted by atomic mass is 19.2. The minimum atomic E-state index is -2.07. The van der Waals surface area contributed by atoms with Crippen LogP contribution >= 0.6 is 0 Å². The standard InChI is InChI=1S/C16H27F8N/c1-9(17)11(19)3-5-13(21)15(23)7-25-8-16(24)14(22)6-4-12(20)10(2)18/h9-16,25H,3-8H2,1-2H3. The summed E-state index contributed by atoms with van der Waals surface area (Å²) < 4.78 is 105. The van der Waals surface area contributed by atoms with Gasteiger partial charge < -0.3 is 5.32 Å². The van der Waals surface area contributed by atoms with Crippen molar-refractivity contribution in [3.05, 3.63) is 0 Å². The van der Waals surface area contributed by atoms with Gasteiger partial charge in [0.1, 0.15) is 49.4 Å². The maximum atomic E-state index is 13.5. The van der Waals surface area contributed by atoms with E-state index >= 15 is 0 Å². The average molecular weight is 385 g/mol. The van der Waals surface area contributed by atoms with Crippen molar-refractivity contribution in [2.45, 2.75) is 88.9 Å². The third-order valence-corrected chi connectivity index (χ3v) is 3.90. The van der Waals surface area contributed by atoms with Crippen molar-refractivity contribution in [1.82, 2.24) is 5.32 Å². The number of halogens is 8. The fraction of sp³-hybridized carbons (Fsp3) is 1.00. The Morgan fingerprint density at radius 1 is 0.480 bits per heavy atom. The second-order valence-electron chi connectivity index (χ2n) is 6.26. The number of alkyl halides is 8. The molecule has 0 rings (SSSR count). The Morgan fingerprint density at radius 3 is 1.04 bits per heavy atom. The number of hydrogen-bond donors (Lipinski definition) is 1. The summed E-state index contributed by atoms with van der Waals surface area (Å²) in [6, 6.07) is 0. The third-order valence-electron chi connectivity index (χ3n) is 3.90. The van der Waals surface area contributed by atoms with Crippen LogP contribution in [-0.4, -0.2) is 62.5 Å². The second-order valence-corrected chi connectivity index (χ2v) is 6.26.